The monoisotopic (exact) mass is 344 g/mol. The van der Waals surface area contributed by atoms with Gasteiger partial charge in [0.05, 0.1) is 6.04 Å². The highest BCUT2D eigenvalue weighted by atomic mass is 79.9. The maximum atomic E-state index is 12.2. The smallest absolute Gasteiger partial charge is 0.223 e. The maximum absolute atomic E-state index is 12.2. The van der Waals surface area contributed by atoms with Gasteiger partial charge in [-0.05, 0) is 37.5 Å². The van der Waals surface area contributed by atoms with Crippen molar-refractivity contribution in [3.63, 3.8) is 0 Å². The fourth-order valence-electron chi connectivity index (χ4n) is 2.69. The Bertz CT molecular complexity index is 481. The fraction of sp³-hybridized carbons (Fsp3) is 0.500. The van der Waals surface area contributed by atoms with Gasteiger partial charge in [0.15, 0.2) is 0 Å². The predicted octanol–water partition coefficient (Wildman–Crippen LogP) is 3.50. The van der Waals surface area contributed by atoms with Crippen LogP contribution >= 0.6 is 27.5 Å². The van der Waals surface area contributed by atoms with Crippen molar-refractivity contribution in [3.05, 3.63) is 33.3 Å². The van der Waals surface area contributed by atoms with Gasteiger partial charge >= 0.3 is 0 Å². The van der Waals surface area contributed by atoms with E-state index in [0.29, 0.717) is 18.0 Å². The Kier molecular flexibility index (Phi) is 4.87. The van der Waals surface area contributed by atoms with Crippen LogP contribution in [-0.4, -0.2) is 23.4 Å². The van der Waals surface area contributed by atoms with E-state index >= 15 is 0 Å². The molecule has 0 aliphatic carbocycles. The molecule has 5 heteroatoms. The van der Waals surface area contributed by atoms with Crippen LogP contribution in [0.1, 0.15) is 37.8 Å². The first-order chi connectivity index (χ1) is 9.04. The highest BCUT2D eigenvalue weighted by molar-refractivity contribution is 9.10. The Hall–Kier alpha value is -0.580. The van der Waals surface area contributed by atoms with Crippen LogP contribution in [0.4, 0.5) is 0 Å². The molecule has 2 rings (SSSR count). The normalized spacial score (nSPS) is 24.4. The standard InChI is InChI=1S/C14H18BrClN2O/c1-2-18-13(19)5-3-4-12(17)14(18)10-7-6-9(16)8-11(10)15/h6-8,12,14H,2-5,17H2,1H3. The van der Waals surface area contributed by atoms with Crippen LogP contribution in [0.25, 0.3) is 0 Å². The predicted molar refractivity (Wildman–Crippen MR) is 81.1 cm³/mol. The number of rotatable bonds is 2. The number of hydrogen-bond acceptors (Lipinski definition) is 2. The van der Waals surface area contributed by atoms with Gasteiger partial charge in [-0.15, -0.1) is 0 Å². The minimum Gasteiger partial charge on any atom is -0.334 e. The molecule has 1 aromatic carbocycles. The lowest BCUT2D eigenvalue weighted by molar-refractivity contribution is -0.133. The van der Waals surface area contributed by atoms with E-state index in [9.17, 15) is 4.79 Å². The fourth-order valence-corrected chi connectivity index (χ4v) is 3.61. The lowest BCUT2D eigenvalue weighted by atomic mass is 9.96. The third-order valence-corrected chi connectivity index (χ3v) is 4.53. The van der Waals surface area contributed by atoms with Gasteiger partial charge in [0.1, 0.15) is 0 Å². The molecule has 1 amide bonds. The summed E-state index contributed by atoms with van der Waals surface area (Å²) in [6, 6.07) is 5.54. The molecule has 1 saturated heterocycles. The Balaban J connectivity index is 2.44. The lowest BCUT2D eigenvalue weighted by Crippen LogP contribution is -2.42. The molecular weight excluding hydrogens is 328 g/mol. The zero-order valence-electron chi connectivity index (χ0n) is 10.9. The molecule has 1 fully saturated rings. The van der Waals surface area contributed by atoms with Gasteiger partial charge < -0.3 is 10.6 Å². The van der Waals surface area contributed by atoms with E-state index in [-0.39, 0.29) is 18.0 Å². The third kappa shape index (κ3) is 3.12. The van der Waals surface area contributed by atoms with Crippen molar-refractivity contribution in [1.82, 2.24) is 4.90 Å². The molecular formula is C14H18BrClN2O. The number of nitrogens with zero attached hydrogens (tertiary/aromatic N) is 1. The van der Waals surface area contributed by atoms with Crippen molar-refractivity contribution in [2.75, 3.05) is 6.54 Å². The summed E-state index contributed by atoms with van der Waals surface area (Å²) in [7, 11) is 0. The molecule has 1 aliphatic rings. The summed E-state index contributed by atoms with van der Waals surface area (Å²) >= 11 is 9.52. The summed E-state index contributed by atoms with van der Waals surface area (Å²) < 4.78 is 0.911. The van der Waals surface area contributed by atoms with Crippen molar-refractivity contribution in [3.8, 4) is 0 Å². The van der Waals surface area contributed by atoms with Gasteiger partial charge in [-0.2, -0.15) is 0 Å². The molecule has 1 aromatic rings. The van der Waals surface area contributed by atoms with Crippen LogP contribution in [0.3, 0.4) is 0 Å². The number of carbonyl (C=O) groups excluding carboxylic acids is 1. The number of hydrogen-bond donors (Lipinski definition) is 1. The van der Waals surface area contributed by atoms with E-state index in [2.05, 4.69) is 15.9 Å². The van der Waals surface area contributed by atoms with Crippen LogP contribution < -0.4 is 5.73 Å². The van der Waals surface area contributed by atoms with Crippen molar-refractivity contribution in [2.24, 2.45) is 5.73 Å². The van der Waals surface area contributed by atoms with Crippen LogP contribution in [-0.2, 0) is 4.79 Å². The van der Waals surface area contributed by atoms with Crippen LogP contribution in [0.5, 0.6) is 0 Å². The third-order valence-electron chi connectivity index (χ3n) is 3.61. The van der Waals surface area contributed by atoms with Gasteiger partial charge in [0.2, 0.25) is 5.91 Å². The molecule has 104 valence electrons. The van der Waals surface area contributed by atoms with Gasteiger partial charge in [-0.1, -0.05) is 33.6 Å². The Morgan fingerprint density at radius 3 is 2.89 bits per heavy atom. The minimum absolute atomic E-state index is 0.0381. The van der Waals surface area contributed by atoms with Gasteiger partial charge in [0.25, 0.3) is 0 Å². The first-order valence-corrected chi connectivity index (χ1v) is 7.71. The molecule has 0 spiro atoms. The summed E-state index contributed by atoms with van der Waals surface area (Å²) in [5.74, 6) is 0.183. The lowest BCUT2D eigenvalue weighted by Gasteiger charge is -2.33. The average molecular weight is 346 g/mol. The van der Waals surface area contributed by atoms with Crippen molar-refractivity contribution < 1.29 is 4.79 Å². The Morgan fingerprint density at radius 2 is 2.26 bits per heavy atom. The molecule has 0 saturated carbocycles. The highest BCUT2D eigenvalue weighted by Gasteiger charge is 2.32. The summed E-state index contributed by atoms with van der Waals surface area (Å²) in [6.45, 7) is 2.67. The molecule has 1 heterocycles. The summed E-state index contributed by atoms with van der Waals surface area (Å²) in [4.78, 5) is 14.1. The van der Waals surface area contributed by atoms with Crippen molar-refractivity contribution >= 4 is 33.4 Å². The van der Waals surface area contributed by atoms with E-state index in [0.717, 1.165) is 22.9 Å². The second-order valence-electron chi connectivity index (χ2n) is 4.85. The molecule has 2 unspecified atom stereocenters. The first-order valence-electron chi connectivity index (χ1n) is 6.54. The summed E-state index contributed by atoms with van der Waals surface area (Å²) in [5, 5.41) is 0.673. The minimum atomic E-state index is -0.0772. The first kappa shape index (κ1) is 14.8. The van der Waals surface area contributed by atoms with Gasteiger partial charge in [0, 0.05) is 28.5 Å². The number of halogens is 2. The summed E-state index contributed by atoms with van der Waals surface area (Å²) in [5.41, 5.74) is 7.33. The van der Waals surface area contributed by atoms with E-state index in [1.54, 1.807) is 0 Å². The second kappa shape index (κ2) is 6.25. The Morgan fingerprint density at radius 1 is 1.53 bits per heavy atom. The SMILES string of the molecule is CCN1C(=O)CCCC(N)C1c1ccc(Cl)cc1Br. The molecule has 3 nitrogen and oxygen atoms in total. The number of amides is 1. The van der Waals surface area contributed by atoms with E-state index in [1.165, 1.54) is 0 Å². The van der Waals surface area contributed by atoms with E-state index < -0.39 is 0 Å². The van der Waals surface area contributed by atoms with Crippen molar-refractivity contribution in [2.45, 2.75) is 38.3 Å². The zero-order valence-corrected chi connectivity index (χ0v) is 13.2. The molecule has 0 bridgehead atoms. The Labute approximate surface area is 127 Å². The molecule has 0 aromatic heterocycles. The van der Waals surface area contributed by atoms with E-state index in [1.807, 2.05) is 30.0 Å². The second-order valence-corrected chi connectivity index (χ2v) is 6.14. The quantitative estimate of drug-likeness (QED) is 0.891. The van der Waals surface area contributed by atoms with Crippen LogP contribution in [0.15, 0.2) is 22.7 Å². The maximum Gasteiger partial charge on any atom is 0.223 e. The summed E-state index contributed by atoms with van der Waals surface area (Å²) in [6.07, 6.45) is 2.31. The zero-order chi connectivity index (χ0) is 14.0. The average Bonchev–Trinajstić information content (AvgIpc) is 2.49. The number of nitrogens with two attached hydrogens (primary N) is 1. The van der Waals surface area contributed by atoms with Crippen LogP contribution in [0, 0.1) is 0 Å². The van der Waals surface area contributed by atoms with Crippen LogP contribution in [0.2, 0.25) is 5.02 Å². The molecule has 1 aliphatic heterocycles. The number of likely N-dealkylation sites (N-methyl/N-ethyl adjacent to an activating group) is 1. The van der Waals surface area contributed by atoms with Gasteiger partial charge in [-0.3, -0.25) is 4.79 Å². The molecule has 19 heavy (non-hydrogen) atoms. The number of carbonyl (C=O) groups is 1. The number of likely N-dealkylation sites (tertiary alicyclic amines) is 1. The highest BCUT2D eigenvalue weighted by Crippen LogP contribution is 2.35. The molecule has 2 atom stereocenters. The van der Waals surface area contributed by atoms with Gasteiger partial charge in [-0.25, -0.2) is 0 Å². The van der Waals surface area contributed by atoms with Crippen molar-refractivity contribution in [1.29, 1.82) is 0 Å². The largest absolute Gasteiger partial charge is 0.334 e. The topological polar surface area (TPSA) is 46.3 Å². The molecule has 2 N–H and O–H groups in total. The molecule has 0 radical (unpaired) electrons. The van der Waals surface area contributed by atoms with E-state index in [4.69, 9.17) is 17.3 Å². The number of benzene rings is 1.